The van der Waals surface area contributed by atoms with Crippen molar-refractivity contribution in [2.45, 2.75) is 32.6 Å². The van der Waals surface area contributed by atoms with Crippen LogP contribution in [0.1, 0.15) is 32.6 Å². The first kappa shape index (κ1) is 12.6. The molecule has 0 aromatic rings. The van der Waals surface area contributed by atoms with Gasteiger partial charge < -0.3 is 9.84 Å². The molecule has 0 fully saturated rings. The average molecular weight is 202 g/mol. The van der Waals surface area contributed by atoms with Crippen LogP contribution in [0.3, 0.4) is 0 Å². The normalized spacial score (nSPS) is 9.50. The van der Waals surface area contributed by atoms with Crippen LogP contribution in [0.4, 0.5) is 0 Å². The molecule has 0 bridgehead atoms. The largest absolute Gasteiger partial charge is 0.481 e. The number of esters is 1. The molecule has 0 aliphatic heterocycles. The summed E-state index contributed by atoms with van der Waals surface area (Å²) in [6.07, 6.45) is 0.165. The van der Waals surface area contributed by atoms with Crippen LogP contribution in [0.5, 0.6) is 0 Å². The Morgan fingerprint density at radius 2 is 1.86 bits per heavy atom. The lowest BCUT2D eigenvalue weighted by molar-refractivity contribution is -0.143. The molecule has 5 heteroatoms. The fraction of sp³-hybridized carbons (Fsp3) is 0.667. The van der Waals surface area contributed by atoms with Gasteiger partial charge in [0.05, 0.1) is 6.61 Å². The van der Waals surface area contributed by atoms with Gasteiger partial charge in [-0.3, -0.25) is 14.4 Å². The maximum absolute atomic E-state index is 10.9. The van der Waals surface area contributed by atoms with E-state index in [1.807, 2.05) is 0 Å². The molecule has 0 heterocycles. The van der Waals surface area contributed by atoms with Crippen molar-refractivity contribution in [3.05, 3.63) is 0 Å². The molecular weight excluding hydrogens is 188 g/mol. The van der Waals surface area contributed by atoms with E-state index < -0.39 is 12.4 Å². The number of carbonyl (C=O) groups excluding carboxylic acids is 2. The maximum Gasteiger partial charge on any atom is 0.310 e. The standard InChI is InChI=1S/C9H14O5/c1-2-14-9(13)5-3-4-7(10)6-8(11)12/h2-6H2,1H3,(H,11,12). The van der Waals surface area contributed by atoms with Crippen molar-refractivity contribution < 1.29 is 24.2 Å². The third kappa shape index (κ3) is 7.27. The highest BCUT2D eigenvalue weighted by molar-refractivity contribution is 5.94. The monoisotopic (exact) mass is 202 g/mol. The van der Waals surface area contributed by atoms with Gasteiger partial charge in [-0.25, -0.2) is 0 Å². The summed E-state index contributed by atoms with van der Waals surface area (Å²) in [5, 5.41) is 8.26. The summed E-state index contributed by atoms with van der Waals surface area (Å²) < 4.78 is 4.64. The molecule has 0 saturated heterocycles. The van der Waals surface area contributed by atoms with Gasteiger partial charge in [-0.2, -0.15) is 0 Å². The molecule has 80 valence electrons. The van der Waals surface area contributed by atoms with E-state index in [9.17, 15) is 14.4 Å². The molecule has 0 aliphatic rings. The molecule has 0 rings (SSSR count). The van der Waals surface area contributed by atoms with Gasteiger partial charge in [0.1, 0.15) is 12.2 Å². The second-order valence-corrected chi connectivity index (χ2v) is 2.77. The predicted octanol–water partition coefficient (Wildman–Crippen LogP) is 0.764. The third-order valence-electron chi connectivity index (χ3n) is 1.49. The second kappa shape index (κ2) is 7.06. The van der Waals surface area contributed by atoms with E-state index in [1.165, 1.54) is 0 Å². The van der Waals surface area contributed by atoms with Gasteiger partial charge in [-0.05, 0) is 13.3 Å². The number of carboxylic acid groups (broad SMARTS) is 1. The van der Waals surface area contributed by atoms with Crippen LogP contribution in [0, 0.1) is 0 Å². The van der Waals surface area contributed by atoms with Crippen LogP contribution in [-0.4, -0.2) is 29.4 Å². The number of rotatable bonds is 7. The van der Waals surface area contributed by atoms with Crippen LogP contribution < -0.4 is 0 Å². The lowest BCUT2D eigenvalue weighted by Crippen LogP contribution is -2.08. The van der Waals surface area contributed by atoms with E-state index in [0.717, 1.165) is 0 Å². The quantitative estimate of drug-likeness (QED) is 0.487. The van der Waals surface area contributed by atoms with Crippen molar-refractivity contribution in [2.24, 2.45) is 0 Å². The summed E-state index contributed by atoms with van der Waals surface area (Å²) in [5.41, 5.74) is 0. The zero-order valence-corrected chi connectivity index (χ0v) is 8.12. The molecule has 0 unspecified atom stereocenters. The lowest BCUT2D eigenvalue weighted by atomic mass is 10.1. The van der Waals surface area contributed by atoms with Crippen molar-refractivity contribution in [1.29, 1.82) is 0 Å². The fourth-order valence-corrected chi connectivity index (χ4v) is 0.920. The summed E-state index contributed by atoms with van der Waals surface area (Å²) in [4.78, 5) is 31.8. The van der Waals surface area contributed by atoms with Crippen molar-refractivity contribution in [3.63, 3.8) is 0 Å². The molecule has 0 aromatic heterocycles. The zero-order valence-electron chi connectivity index (χ0n) is 8.12. The number of aliphatic carboxylic acids is 1. The molecule has 1 N–H and O–H groups in total. The number of hydrogen-bond donors (Lipinski definition) is 1. The van der Waals surface area contributed by atoms with Gasteiger partial charge in [0, 0.05) is 12.8 Å². The zero-order chi connectivity index (χ0) is 11.0. The van der Waals surface area contributed by atoms with Crippen molar-refractivity contribution >= 4 is 17.7 Å². The second-order valence-electron chi connectivity index (χ2n) is 2.77. The highest BCUT2D eigenvalue weighted by atomic mass is 16.5. The van der Waals surface area contributed by atoms with Crippen molar-refractivity contribution in [1.82, 2.24) is 0 Å². The number of carbonyl (C=O) groups is 3. The van der Waals surface area contributed by atoms with Crippen LogP contribution in [-0.2, 0) is 19.1 Å². The minimum absolute atomic E-state index is 0.116. The van der Waals surface area contributed by atoms with Gasteiger partial charge in [0.25, 0.3) is 0 Å². The molecule has 0 atom stereocenters. The number of Topliss-reactive ketones (excluding diaryl/α,β-unsaturated/α-hetero) is 1. The molecule has 5 nitrogen and oxygen atoms in total. The molecule has 0 aliphatic carbocycles. The Hall–Kier alpha value is -1.39. The molecule has 0 spiro atoms. The summed E-state index contributed by atoms with van der Waals surface area (Å²) in [6.45, 7) is 2.02. The molecule has 0 saturated carbocycles. The number of carboxylic acids is 1. The Bertz CT molecular complexity index is 221. The van der Waals surface area contributed by atoms with E-state index in [2.05, 4.69) is 4.74 Å². The first-order valence-electron chi connectivity index (χ1n) is 4.45. The van der Waals surface area contributed by atoms with Crippen LogP contribution in [0.25, 0.3) is 0 Å². The summed E-state index contributed by atoms with van der Waals surface area (Å²) in [6, 6.07) is 0. The highest BCUT2D eigenvalue weighted by Gasteiger charge is 2.08. The van der Waals surface area contributed by atoms with Gasteiger partial charge in [-0.15, -0.1) is 0 Å². The topological polar surface area (TPSA) is 80.7 Å². The Kier molecular flexibility index (Phi) is 6.36. The van der Waals surface area contributed by atoms with Crippen LogP contribution in [0.15, 0.2) is 0 Å². The number of ether oxygens (including phenoxy) is 1. The first-order valence-corrected chi connectivity index (χ1v) is 4.45. The van der Waals surface area contributed by atoms with E-state index >= 15 is 0 Å². The van der Waals surface area contributed by atoms with Gasteiger partial charge in [0.2, 0.25) is 0 Å². The van der Waals surface area contributed by atoms with E-state index in [1.54, 1.807) is 6.92 Å². The molecule has 0 aromatic carbocycles. The molecular formula is C9H14O5. The average Bonchev–Trinajstić information content (AvgIpc) is 2.02. The Morgan fingerprint density at radius 1 is 1.21 bits per heavy atom. The lowest BCUT2D eigenvalue weighted by Gasteiger charge is -2.00. The van der Waals surface area contributed by atoms with E-state index in [0.29, 0.717) is 13.0 Å². The molecule has 14 heavy (non-hydrogen) atoms. The minimum atomic E-state index is -1.13. The van der Waals surface area contributed by atoms with Crippen LogP contribution in [0.2, 0.25) is 0 Å². The van der Waals surface area contributed by atoms with Crippen LogP contribution >= 0.6 is 0 Å². The molecule has 0 amide bonds. The third-order valence-corrected chi connectivity index (χ3v) is 1.49. The van der Waals surface area contributed by atoms with Gasteiger partial charge in [-0.1, -0.05) is 0 Å². The summed E-state index contributed by atoms with van der Waals surface area (Å²) in [7, 11) is 0. The Balaban J connectivity index is 3.49. The predicted molar refractivity (Wildman–Crippen MR) is 47.7 cm³/mol. The van der Waals surface area contributed by atoms with Gasteiger partial charge >= 0.3 is 11.9 Å². The van der Waals surface area contributed by atoms with E-state index in [-0.39, 0.29) is 24.6 Å². The van der Waals surface area contributed by atoms with E-state index in [4.69, 9.17) is 5.11 Å². The number of ketones is 1. The highest BCUT2D eigenvalue weighted by Crippen LogP contribution is 2.00. The fourth-order valence-electron chi connectivity index (χ4n) is 0.920. The minimum Gasteiger partial charge on any atom is -0.481 e. The Labute approximate surface area is 82.1 Å². The summed E-state index contributed by atoms with van der Waals surface area (Å²) in [5.74, 6) is -1.84. The smallest absolute Gasteiger partial charge is 0.310 e. The van der Waals surface area contributed by atoms with Crippen molar-refractivity contribution in [3.8, 4) is 0 Å². The number of hydrogen-bond acceptors (Lipinski definition) is 4. The first-order chi connectivity index (χ1) is 6.56. The molecule has 0 radical (unpaired) electrons. The maximum atomic E-state index is 10.9. The summed E-state index contributed by atoms with van der Waals surface area (Å²) >= 11 is 0. The Morgan fingerprint density at radius 3 is 2.36 bits per heavy atom. The van der Waals surface area contributed by atoms with Gasteiger partial charge in [0.15, 0.2) is 0 Å². The van der Waals surface area contributed by atoms with Crippen molar-refractivity contribution in [2.75, 3.05) is 6.61 Å². The SMILES string of the molecule is CCOC(=O)CCCC(=O)CC(=O)O.